The van der Waals surface area contributed by atoms with Gasteiger partial charge in [0.05, 0.1) is 42.7 Å². The molecule has 5 nitrogen and oxygen atoms in total. The van der Waals surface area contributed by atoms with E-state index in [-0.39, 0.29) is 6.04 Å². The normalized spacial score (nSPS) is 16.5. The third-order valence-corrected chi connectivity index (χ3v) is 4.54. The average Bonchev–Trinajstić information content (AvgIpc) is 2.67. The van der Waals surface area contributed by atoms with Crippen molar-refractivity contribution < 1.29 is 9.47 Å². The number of hydrogen-bond acceptors (Lipinski definition) is 5. The molecular formula is C20H21N3O2. The van der Waals surface area contributed by atoms with Gasteiger partial charge in [-0.05, 0) is 48.7 Å². The summed E-state index contributed by atoms with van der Waals surface area (Å²) in [5, 5.41) is 3.56. The second-order valence-electron chi connectivity index (χ2n) is 6.06. The molecule has 2 heterocycles. The van der Waals surface area contributed by atoms with Crippen molar-refractivity contribution in [3.8, 4) is 11.5 Å². The predicted molar refractivity (Wildman–Crippen MR) is 97.3 cm³/mol. The van der Waals surface area contributed by atoms with Crippen LogP contribution in [-0.2, 0) is 6.42 Å². The fourth-order valence-corrected chi connectivity index (χ4v) is 3.37. The number of ether oxygens (including phenoxy) is 2. The van der Waals surface area contributed by atoms with Crippen LogP contribution in [0.3, 0.4) is 0 Å². The highest BCUT2D eigenvalue weighted by Crippen LogP contribution is 2.37. The van der Waals surface area contributed by atoms with Gasteiger partial charge in [0.25, 0.3) is 0 Å². The first-order valence-electron chi connectivity index (χ1n) is 8.59. The van der Waals surface area contributed by atoms with E-state index in [1.54, 1.807) is 7.11 Å². The summed E-state index contributed by atoms with van der Waals surface area (Å²) in [6, 6.07) is 12.1. The number of aromatic nitrogens is 2. The maximum Gasteiger partial charge on any atom is 0.161 e. The number of benzene rings is 2. The van der Waals surface area contributed by atoms with E-state index in [1.807, 2.05) is 37.4 Å². The molecule has 1 aliphatic heterocycles. The van der Waals surface area contributed by atoms with Crippen LogP contribution in [0.25, 0.3) is 11.0 Å². The lowest BCUT2D eigenvalue weighted by Gasteiger charge is -2.28. The smallest absolute Gasteiger partial charge is 0.161 e. The van der Waals surface area contributed by atoms with Crippen LogP contribution in [0.15, 0.2) is 42.6 Å². The number of methoxy groups -OCH3 is 1. The van der Waals surface area contributed by atoms with Crippen molar-refractivity contribution >= 4 is 11.0 Å². The molecule has 0 amide bonds. The van der Waals surface area contributed by atoms with Gasteiger partial charge in [-0.1, -0.05) is 12.1 Å². The molecule has 1 N–H and O–H groups in total. The molecule has 1 unspecified atom stereocenters. The number of rotatable bonds is 4. The molecule has 2 aromatic carbocycles. The summed E-state index contributed by atoms with van der Waals surface area (Å²) >= 11 is 0. The Kier molecular flexibility index (Phi) is 4.24. The Balaban J connectivity index is 1.80. The molecule has 3 aromatic rings. The van der Waals surface area contributed by atoms with Crippen LogP contribution in [0.4, 0.5) is 0 Å². The van der Waals surface area contributed by atoms with Gasteiger partial charge in [-0.25, -0.2) is 4.98 Å². The summed E-state index contributed by atoms with van der Waals surface area (Å²) in [6.45, 7) is 3.47. The van der Waals surface area contributed by atoms with Crippen LogP contribution in [-0.4, -0.2) is 30.2 Å². The van der Waals surface area contributed by atoms with Crippen LogP contribution in [0, 0.1) is 0 Å². The number of hydrogen-bond donors (Lipinski definition) is 1. The third-order valence-electron chi connectivity index (χ3n) is 4.54. The Morgan fingerprint density at radius 3 is 2.80 bits per heavy atom. The van der Waals surface area contributed by atoms with E-state index in [9.17, 15) is 0 Å². The lowest BCUT2D eigenvalue weighted by Crippen LogP contribution is -2.31. The largest absolute Gasteiger partial charge is 0.493 e. The van der Waals surface area contributed by atoms with Crippen molar-refractivity contribution in [2.24, 2.45) is 0 Å². The zero-order valence-electron chi connectivity index (χ0n) is 14.5. The van der Waals surface area contributed by atoms with E-state index in [4.69, 9.17) is 14.5 Å². The number of nitrogens with zero attached hydrogens (tertiary/aromatic N) is 2. The molecule has 5 heteroatoms. The molecule has 4 rings (SSSR count). The Labute approximate surface area is 147 Å². The first-order valence-corrected chi connectivity index (χ1v) is 8.59. The maximum absolute atomic E-state index is 5.76. The SMILES string of the molecule is CCOc1cc2c(cc1OC)CCNC2c1cnc2ccccc2n1. The van der Waals surface area contributed by atoms with Crippen LogP contribution < -0.4 is 14.8 Å². The average molecular weight is 335 g/mol. The van der Waals surface area contributed by atoms with E-state index >= 15 is 0 Å². The van der Waals surface area contributed by atoms with Gasteiger partial charge in [-0.2, -0.15) is 0 Å². The molecule has 25 heavy (non-hydrogen) atoms. The molecule has 0 saturated heterocycles. The molecule has 128 valence electrons. The Morgan fingerprint density at radius 1 is 1.16 bits per heavy atom. The van der Waals surface area contributed by atoms with Crippen LogP contribution in [0.5, 0.6) is 11.5 Å². The monoisotopic (exact) mass is 335 g/mol. The molecule has 0 radical (unpaired) electrons. The molecule has 1 aliphatic rings. The lowest BCUT2D eigenvalue weighted by atomic mass is 9.92. The topological polar surface area (TPSA) is 56.3 Å². The van der Waals surface area contributed by atoms with Gasteiger partial charge in [-0.15, -0.1) is 0 Å². The van der Waals surface area contributed by atoms with Crippen LogP contribution >= 0.6 is 0 Å². The number of nitrogens with one attached hydrogen (secondary N) is 1. The Hall–Kier alpha value is -2.66. The highest BCUT2D eigenvalue weighted by Gasteiger charge is 2.25. The standard InChI is InChI=1S/C20H21N3O2/c1-3-25-19-11-14-13(10-18(19)24-2)8-9-21-20(14)17-12-22-15-6-4-5-7-16(15)23-17/h4-7,10-12,20-21H,3,8-9H2,1-2H3. The van der Waals surface area contributed by atoms with Gasteiger partial charge < -0.3 is 14.8 Å². The zero-order valence-corrected chi connectivity index (χ0v) is 14.5. The first kappa shape index (κ1) is 15.8. The minimum Gasteiger partial charge on any atom is -0.493 e. The molecule has 1 atom stereocenters. The zero-order chi connectivity index (χ0) is 17.2. The Morgan fingerprint density at radius 2 is 2.00 bits per heavy atom. The van der Waals surface area contributed by atoms with Crippen molar-refractivity contribution in [1.82, 2.24) is 15.3 Å². The van der Waals surface area contributed by atoms with Gasteiger partial charge in [-0.3, -0.25) is 4.98 Å². The summed E-state index contributed by atoms with van der Waals surface area (Å²) in [5.41, 5.74) is 5.19. The highest BCUT2D eigenvalue weighted by atomic mass is 16.5. The summed E-state index contributed by atoms with van der Waals surface area (Å²) in [6.07, 6.45) is 2.81. The quantitative estimate of drug-likeness (QED) is 0.793. The summed E-state index contributed by atoms with van der Waals surface area (Å²) in [4.78, 5) is 9.38. The summed E-state index contributed by atoms with van der Waals surface area (Å²) in [5.74, 6) is 1.55. The van der Waals surface area contributed by atoms with E-state index < -0.39 is 0 Å². The minimum absolute atomic E-state index is 0.00553. The second kappa shape index (κ2) is 6.69. The fourth-order valence-electron chi connectivity index (χ4n) is 3.37. The lowest BCUT2D eigenvalue weighted by molar-refractivity contribution is 0.309. The summed E-state index contributed by atoms with van der Waals surface area (Å²) < 4.78 is 11.2. The van der Waals surface area contributed by atoms with E-state index in [0.29, 0.717) is 6.61 Å². The highest BCUT2D eigenvalue weighted by molar-refractivity contribution is 5.73. The van der Waals surface area contributed by atoms with Gasteiger partial charge in [0.2, 0.25) is 0 Å². The second-order valence-corrected chi connectivity index (χ2v) is 6.06. The third kappa shape index (κ3) is 2.91. The van der Waals surface area contributed by atoms with Gasteiger partial charge in [0, 0.05) is 6.54 Å². The molecular weight excluding hydrogens is 314 g/mol. The molecule has 1 aromatic heterocycles. The molecule has 0 spiro atoms. The minimum atomic E-state index is 0.00553. The van der Waals surface area contributed by atoms with Crippen molar-refractivity contribution in [2.45, 2.75) is 19.4 Å². The van der Waals surface area contributed by atoms with E-state index in [0.717, 1.165) is 41.2 Å². The van der Waals surface area contributed by atoms with Crippen molar-refractivity contribution in [3.63, 3.8) is 0 Å². The van der Waals surface area contributed by atoms with Crippen molar-refractivity contribution in [2.75, 3.05) is 20.3 Å². The van der Waals surface area contributed by atoms with Gasteiger partial charge in [0.15, 0.2) is 11.5 Å². The Bertz CT molecular complexity index is 911. The first-order chi connectivity index (χ1) is 12.3. The van der Waals surface area contributed by atoms with Gasteiger partial charge in [0.1, 0.15) is 0 Å². The number of para-hydroxylation sites is 2. The van der Waals surface area contributed by atoms with E-state index in [2.05, 4.69) is 22.4 Å². The van der Waals surface area contributed by atoms with Crippen molar-refractivity contribution in [3.05, 3.63) is 59.4 Å². The predicted octanol–water partition coefficient (Wildman–Crippen LogP) is 3.27. The van der Waals surface area contributed by atoms with Crippen molar-refractivity contribution in [1.29, 1.82) is 0 Å². The van der Waals surface area contributed by atoms with E-state index in [1.165, 1.54) is 11.1 Å². The maximum atomic E-state index is 5.76. The molecule has 0 saturated carbocycles. The van der Waals surface area contributed by atoms with Gasteiger partial charge >= 0.3 is 0 Å². The van der Waals surface area contributed by atoms with Crippen LogP contribution in [0.1, 0.15) is 29.8 Å². The summed E-state index contributed by atoms with van der Waals surface area (Å²) in [7, 11) is 1.68. The number of fused-ring (bicyclic) bond motifs is 2. The molecule has 0 fully saturated rings. The van der Waals surface area contributed by atoms with Crippen LogP contribution in [0.2, 0.25) is 0 Å². The fraction of sp³-hybridized carbons (Fsp3) is 0.300. The molecule has 0 bridgehead atoms. The molecule has 0 aliphatic carbocycles.